The van der Waals surface area contributed by atoms with Gasteiger partial charge < -0.3 is 13.9 Å². The Morgan fingerprint density at radius 2 is 0.772 bits per heavy atom. The molecule has 0 unspecified atom stereocenters. The molecule has 12 rings (SSSR count). The fraction of sp³-hybridized carbons (Fsp3) is 0. The van der Waals surface area contributed by atoms with Crippen LogP contribution in [0.2, 0.25) is 0 Å². The zero-order valence-electron chi connectivity index (χ0n) is 30.9. The molecule has 0 spiro atoms. The second-order valence-corrected chi connectivity index (χ2v) is 14.9. The predicted octanol–water partition coefficient (Wildman–Crippen LogP) is 14.7. The zero-order valence-corrected chi connectivity index (χ0v) is 30.9. The molecule has 0 saturated carbocycles. The minimum atomic E-state index is 0.864. The summed E-state index contributed by atoms with van der Waals surface area (Å²) in [4.78, 5) is 0. The number of benzene rings is 9. The van der Waals surface area contributed by atoms with Crippen LogP contribution >= 0.6 is 0 Å². The highest BCUT2D eigenvalue weighted by molar-refractivity contribution is 6.30. The molecule has 0 radical (unpaired) electrons. The SMILES string of the molecule is c1ccc(-c2cccc(-c3cccc(-c4cccc(-c5cccc(-n6c7ccccc7c7c8c9ccccc9n9c8c(cc76)Oc6ccccc6-9)c5)c4)c3)c2)cc1. The van der Waals surface area contributed by atoms with E-state index in [9.17, 15) is 0 Å². The summed E-state index contributed by atoms with van der Waals surface area (Å²) in [6, 6.07) is 74.3. The van der Waals surface area contributed by atoms with Crippen LogP contribution in [-0.4, -0.2) is 9.13 Å². The van der Waals surface area contributed by atoms with Crippen molar-refractivity contribution in [3.63, 3.8) is 0 Å². The minimum absolute atomic E-state index is 0.864. The Balaban J connectivity index is 0.992. The maximum atomic E-state index is 6.75. The standard InChI is InChI=1S/C54H34N2O/c1-2-14-35(15-3-1)36-16-10-17-37(30-36)38-18-11-19-39(31-38)40-20-12-21-41(32-40)42-22-13-23-43(33-42)55-46-26-6-4-24-44(46)52-49(55)34-51-54-53(52)45-25-5-7-27-47(45)56(54)48-28-8-9-29-50(48)57-51/h1-34H. The fourth-order valence-corrected chi connectivity index (χ4v) is 9.12. The van der Waals surface area contributed by atoms with Gasteiger partial charge in [0.25, 0.3) is 0 Å². The molecule has 0 atom stereocenters. The summed E-state index contributed by atoms with van der Waals surface area (Å²) in [6.07, 6.45) is 0. The average molecular weight is 727 g/mol. The van der Waals surface area contributed by atoms with Gasteiger partial charge in [0.2, 0.25) is 0 Å². The Morgan fingerprint density at radius 3 is 1.42 bits per heavy atom. The van der Waals surface area contributed by atoms with Crippen LogP contribution in [0.25, 0.3) is 99.5 Å². The van der Waals surface area contributed by atoms with Gasteiger partial charge in [0, 0.05) is 33.3 Å². The highest BCUT2D eigenvalue weighted by Crippen LogP contribution is 2.50. The van der Waals surface area contributed by atoms with Crippen LogP contribution < -0.4 is 4.74 Å². The van der Waals surface area contributed by atoms with Crippen LogP contribution in [0.5, 0.6) is 11.5 Å². The second-order valence-electron chi connectivity index (χ2n) is 14.9. The molecule has 9 aromatic carbocycles. The summed E-state index contributed by atoms with van der Waals surface area (Å²) in [5.41, 5.74) is 16.3. The molecule has 11 aromatic rings. The van der Waals surface area contributed by atoms with E-state index in [4.69, 9.17) is 4.74 Å². The number of nitrogens with zero attached hydrogens (tertiary/aromatic N) is 2. The third-order valence-electron chi connectivity index (χ3n) is 11.7. The van der Waals surface area contributed by atoms with Crippen molar-refractivity contribution >= 4 is 43.6 Å². The van der Waals surface area contributed by atoms with Crippen molar-refractivity contribution in [3.8, 4) is 67.4 Å². The van der Waals surface area contributed by atoms with Crippen LogP contribution in [0, 0.1) is 0 Å². The van der Waals surface area contributed by atoms with Crippen LogP contribution in [-0.2, 0) is 0 Å². The van der Waals surface area contributed by atoms with Gasteiger partial charge in [0.05, 0.1) is 27.8 Å². The van der Waals surface area contributed by atoms with Gasteiger partial charge in [-0.25, -0.2) is 0 Å². The molecule has 3 heterocycles. The molecule has 0 bridgehead atoms. The molecule has 0 fully saturated rings. The summed E-state index contributed by atoms with van der Waals surface area (Å²) in [5, 5.41) is 4.91. The third-order valence-corrected chi connectivity index (χ3v) is 11.7. The zero-order chi connectivity index (χ0) is 37.5. The molecular weight excluding hydrogens is 693 g/mol. The molecule has 1 aliphatic heterocycles. The van der Waals surface area contributed by atoms with Crippen molar-refractivity contribution in [1.29, 1.82) is 0 Å². The number of fused-ring (bicyclic) bond motifs is 9. The van der Waals surface area contributed by atoms with Crippen LogP contribution in [0.15, 0.2) is 206 Å². The van der Waals surface area contributed by atoms with E-state index in [1.807, 2.05) is 6.07 Å². The van der Waals surface area contributed by atoms with Crippen LogP contribution in [0.3, 0.4) is 0 Å². The van der Waals surface area contributed by atoms with E-state index in [-0.39, 0.29) is 0 Å². The molecule has 57 heavy (non-hydrogen) atoms. The Hall–Kier alpha value is -7.62. The Morgan fingerprint density at radius 1 is 0.298 bits per heavy atom. The molecule has 0 aliphatic carbocycles. The summed E-state index contributed by atoms with van der Waals surface area (Å²) >= 11 is 0. The van der Waals surface area contributed by atoms with Gasteiger partial charge >= 0.3 is 0 Å². The maximum absolute atomic E-state index is 6.75. The Kier molecular flexibility index (Phi) is 6.93. The van der Waals surface area contributed by atoms with Crippen molar-refractivity contribution in [2.45, 2.75) is 0 Å². The average Bonchev–Trinajstić information content (AvgIpc) is 3.81. The van der Waals surface area contributed by atoms with Gasteiger partial charge in [0.15, 0.2) is 11.5 Å². The first-order valence-corrected chi connectivity index (χ1v) is 19.5. The summed E-state index contributed by atoms with van der Waals surface area (Å²) < 4.78 is 11.5. The molecule has 3 heteroatoms. The molecule has 266 valence electrons. The minimum Gasteiger partial charge on any atom is -0.453 e. The predicted molar refractivity (Wildman–Crippen MR) is 237 cm³/mol. The summed E-state index contributed by atoms with van der Waals surface area (Å²) in [6.45, 7) is 0. The Bertz CT molecular complexity index is 3390. The van der Waals surface area contributed by atoms with E-state index in [0.717, 1.165) is 39.5 Å². The molecule has 0 N–H and O–H groups in total. The molecular formula is C54H34N2O. The van der Waals surface area contributed by atoms with Gasteiger partial charge in [-0.05, 0) is 99.1 Å². The summed E-state index contributed by atoms with van der Waals surface area (Å²) in [5.74, 6) is 1.73. The van der Waals surface area contributed by atoms with Gasteiger partial charge in [-0.2, -0.15) is 0 Å². The number of aromatic nitrogens is 2. The first-order chi connectivity index (χ1) is 28.3. The molecule has 1 aliphatic rings. The highest BCUT2D eigenvalue weighted by atomic mass is 16.5. The number of para-hydroxylation sites is 4. The normalized spacial score (nSPS) is 12.0. The van der Waals surface area contributed by atoms with Crippen molar-refractivity contribution in [2.24, 2.45) is 0 Å². The van der Waals surface area contributed by atoms with E-state index >= 15 is 0 Å². The van der Waals surface area contributed by atoms with Crippen molar-refractivity contribution in [3.05, 3.63) is 206 Å². The lowest BCUT2D eigenvalue weighted by Gasteiger charge is -2.21. The molecule has 0 saturated heterocycles. The quantitative estimate of drug-likeness (QED) is 0.173. The molecule has 3 nitrogen and oxygen atoms in total. The lowest BCUT2D eigenvalue weighted by molar-refractivity contribution is 0.477. The first kappa shape index (κ1) is 31.7. The van der Waals surface area contributed by atoms with Crippen molar-refractivity contribution in [2.75, 3.05) is 0 Å². The summed E-state index contributed by atoms with van der Waals surface area (Å²) in [7, 11) is 0. The topological polar surface area (TPSA) is 19.1 Å². The number of hydrogen-bond acceptors (Lipinski definition) is 1. The van der Waals surface area contributed by atoms with Crippen molar-refractivity contribution in [1.82, 2.24) is 9.13 Å². The van der Waals surface area contributed by atoms with Gasteiger partial charge in [-0.1, -0.05) is 146 Å². The van der Waals surface area contributed by atoms with E-state index in [1.165, 1.54) is 71.5 Å². The molecule has 0 amide bonds. The largest absolute Gasteiger partial charge is 0.453 e. The van der Waals surface area contributed by atoms with Crippen molar-refractivity contribution < 1.29 is 4.74 Å². The third kappa shape index (κ3) is 4.92. The smallest absolute Gasteiger partial charge is 0.154 e. The van der Waals surface area contributed by atoms with E-state index in [2.05, 4.69) is 209 Å². The fourth-order valence-electron chi connectivity index (χ4n) is 9.12. The van der Waals surface area contributed by atoms with Gasteiger partial charge in [0.1, 0.15) is 0 Å². The van der Waals surface area contributed by atoms with Crippen LogP contribution in [0.1, 0.15) is 0 Å². The van der Waals surface area contributed by atoms with E-state index in [1.54, 1.807) is 0 Å². The number of rotatable bonds is 5. The monoisotopic (exact) mass is 726 g/mol. The number of hydrogen-bond donors (Lipinski definition) is 0. The highest BCUT2D eigenvalue weighted by Gasteiger charge is 2.28. The van der Waals surface area contributed by atoms with E-state index in [0.29, 0.717) is 0 Å². The maximum Gasteiger partial charge on any atom is 0.154 e. The van der Waals surface area contributed by atoms with Gasteiger partial charge in [-0.3, -0.25) is 0 Å². The second kappa shape index (κ2) is 12.5. The lowest BCUT2D eigenvalue weighted by atomic mass is 9.95. The molecule has 2 aromatic heterocycles. The number of ether oxygens (including phenoxy) is 1. The first-order valence-electron chi connectivity index (χ1n) is 19.5. The van der Waals surface area contributed by atoms with Gasteiger partial charge in [-0.15, -0.1) is 0 Å². The lowest BCUT2D eigenvalue weighted by Crippen LogP contribution is -2.04. The van der Waals surface area contributed by atoms with E-state index < -0.39 is 0 Å². The van der Waals surface area contributed by atoms with Crippen LogP contribution in [0.4, 0.5) is 0 Å². The Labute approximate surface area is 329 Å².